The quantitative estimate of drug-likeness (QED) is 0.483. The van der Waals surface area contributed by atoms with Crippen LogP contribution >= 0.6 is 15.9 Å². The molecule has 0 bridgehead atoms. The molecule has 0 heterocycles. The molecule has 0 saturated heterocycles. The van der Waals surface area contributed by atoms with Crippen molar-refractivity contribution >= 4 is 15.9 Å². The molecule has 0 saturated carbocycles. The summed E-state index contributed by atoms with van der Waals surface area (Å²) in [6, 6.07) is 0.125. The van der Waals surface area contributed by atoms with E-state index in [-0.39, 0.29) is 6.07 Å². The van der Waals surface area contributed by atoms with Crippen LogP contribution < -0.4 is 0 Å². The Labute approximate surface area is 71.1 Å². The average molecular weight is 256 g/mol. The Morgan fingerprint density at radius 3 is 1.17 bits per heavy atom. The van der Waals surface area contributed by atoms with Gasteiger partial charge in [-0.3, -0.25) is 0 Å². The van der Waals surface area contributed by atoms with Crippen LogP contribution in [0.2, 0.25) is 0 Å². The third-order valence-corrected chi connectivity index (χ3v) is 2.01. The maximum Gasteiger partial charge on any atom is 0.425 e. The molecule has 1 nitrogen and oxygen atoms in total. The molecule has 0 unspecified atom stereocenters. The predicted molar refractivity (Wildman–Crippen MR) is 29.4 cm³/mol. The van der Waals surface area contributed by atoms with E-state index in [1.54, 1.807) is 0 Å². The lowest BCUT2D eigenvalue weighted by atomic mass is 10.1. The molecule has 8 heteroatoms. The van der Waals surface area contributed by atoms with Gasteiger partial charge in [0, 0.05) is 0 Å². The zero-order valence-corrected chi connectivity index (χ0v) is 6.68. The number of nitrogens with zero attached hydrogens (tertiary/aromatic N) is 1. The van der Waals surface area contributed by atoms with Crippen LogP contribution in [0.25, 0.3) is 0 Å². The van der Waals surface area contributed by atoms with Gasteiger partial charge >= 0.3 is 16.7 Å². The van der Waals surface area contributed by atoms with E-state index in [0.29, 0.717) is 0 Å². The second kappa shape index (κ2) is 2.80. The molecule has 0 aromatic heterocycles. The molecular formula is C4BrF6N. The number of rotatable bonds is 0. The topological polar surface area (TPSA) is 23.8 Å². The highest BCUT2D eigenvalue weighted by molar-refractivity contribution is 9.10. The van der Waals surface area contributed by atoms with Gasteiger partial charge in [-0.2, -0.15) is 31.6 Å². The summed E-state index contributed by atoms with van der Waals surface area (Å²) in [5, 5.41) is 7.72. The SMILES string of the molecule is N#CC(Br)(C(F)(F)F)C(F)(F)F. The Bertz CT molecular complexity index is 195. The number of halogens is 7. The number of hydrogen-bond donors (Lipinski definition) is 0. The highest BCUT2D eigenvalue weighted by atomic mass is 79.9. The van der Waals surface area contributed by atoms with Gasteiger partial charge in [0.1, 0.15) is 6.07 Å². The first kappa shape index (κ1) is 11.6. The highest BCUT2D eigenvalue weighted by Crippen LogP contribution is 2.48. The molecule has 0 aromatic carbocycles. The molecule has 0 N–H and O–H groups in total. The van der Waals surface area contributed by atoms with E-state index in [0.717, 1.165) is 0 Å². The van der Waals surface area contributed by atoms with E-state index in [1.165, 1.54) is 15.9 Å². The minimum Gasteiger partial charge on any atom is -0.196 e. The first-order valence-electron chi connectivity index (χ1n) is 2.30. The van der Waals surface area contributed by atoms with Gasteiger partial charge in [0.2, 0.25) is 0 Å². The van der Waals surface area contributed by atoms with Crippen molar-refractivity contribution < 1.29 is 26.3 Å². The third-order valence-electron chi connectivity index (χ3n) is 0.935. The summed E-state index contributed by atoms with van der Waals surface area (Å²) in [5.74, 6) is 0. The lowest BCUT2D eigenvalue weighted by Gasteiger charge is -2.24. The van der Waals surface area contributed by atoms with Crippen LogP contribution in [0.5, 0.6) is 0 Å². The minimum atomic E-state index is -5.68. The van der Waals surface area contributed by atoms with E-state index in [4.69, 9.17) is 5.26 Å². The second-order valence-corrected chi connectivity index (χ2v) is 2.96. The zero-order valence-electron chi connectivity index (χ0n) is 5.09. The fraction of sp³-hybridized carbons (Fsp3) is 0.750. The molecular weight excluding hydrogens is 256 g/mol. The molecule has 0 aliphatic rings. The summed E-state index contributed by atoms with van der Waals surface area (Å²) in [7, 11) is 0. The van der Waals surface area contributed by atoms with E-state index in [2.05, 4.69) is 0 Å². The van der Waals surface area contributed by atoms with Gasteiger partial charge in [-0.05, 0) is 15.9 Å². The molecule has 0 amide bonds. The van der Waals surface area contributed by atoms with Crippen molar-refractivity contribution in [1.29, 1.82) is 5.26 Å². The third kappa shape index (κ3) is 1.65. The Hall–Kier alpha value is -0.450. The van der Waals surface area contributed by atoms with Crippen molar-refractivity contribution in [3.8, 4) is 6.07 Å². The van der Waals surface area contributed by atoms with Gasteiger partial charge in [-0.15, -0.1) is 0 Å². The van der Waals surface area contributed by atoms with Crippen molar-refractivity contribution in [2.24, 2.45) is 0 Å². The molecule has 12 heavy (non-hydrogen) atoms. The summed E-state index contributed by atoms with van der Waals surface area (Å²) in [4.78, 5) is 0. The van der Waals surface area contributed by atoms with Crippen LogP contribution in [0.4, 0.5) is 26.3 Å². The molecule has 0 aliphatic heterocycles. The van der Waals surface area contributed by atoms with Crippen LogP contribution in [0.1, 0.15) is 0 Å². The standard InChI is InChI=1S/C4BrF6N/c5-2(1-12,3(6,7)8)4(9,10)11. The molecule has 0 rings (SSSR count). The average Bonchev–Trinajstić information content (AvgIpc) is 1.81. The zero-order chi connectivity index (χ0) is 10.2. The normalized spacial score (nSPS) is 14.2. The Morgan fingerprint density at radius 1 is 0.917 bits per heavy atom. The molecule has 0 spiro atoms. The first-order chi connectivity index (χ1) is 5.06. The van der Waals surface area contributed by atoms with Gasteiger partial charge in [0.05, 0.1) is 0 Å². The van der Waals surface area contributed by atoms with Gasteiger partial charge in [-0.25, -0.2) is 0 Å². The minimum absolute atomic E-state index is 0.125. The predicted octanol–water partition coefficient (Wildman–Crippen LogP) is 2.77. The number of nitriles is 1. The van der Waals surface area contributed by atoms with Crippen LogP contribution in [-0.4, -0.2) is 16.7 Å². The summed E-state index contributed by atoms with van der Waals surface area (Å²) >= 11 is 1.31. The lowest BCUT2D eigenvalue weighted by Crippen LogP contribution is -2.50. The van der Waals surface area contributed by atoms with Gasteiger partial charge in [-0.1, -0.05) is 0 Å². The Kier molecular flexibility index (Phi) is 2.69. The number of alkyl halides is 7. The monoisotopic (exact) mass is 255 g/mol. The van der Waals surface area contributed by atoms with Crippen LogP contribution in [-0.2, 0) is 0 Å². The van der Waals surface area contributed by atoms with Crippen LogP contribution in [0.3, 0.4) is 0 Å². The number of hydrogen-bond acceptors (Lipinski definition) is 1. The molecule has 0 aliphatic carbocycles. The van der Waals surface area contributed by atoms with Gasteiger partial charge < -0.3 is 0 Å². The fourth-order valence-electron chi connectivity index (χ4n) is 0.287. The Balaban J connectivity index is 5.14. The van der Waals surface area contributed by atoms with E-state index in [9.17, 15) is 26.3 Å². The maximum atomic E-state index is 11.6. The first-order valence-corrected chi connectivity index (χ1v) is 3.09. The molecule has 0 fully saturated rings. The largest absolute Gasteiger partial charge is 0.425 e. The van der Waals surface area contributed by atoms with E-state index >= 15 is 0 Å². The van der Waals surface area contributed by atoms with Crippen molar-refractivity contribution in [3.63, 3.8) is 0 Å². The second-order valence-electron chi connectivity index (χ2n) is 1.77. The summed E-state index contributed by atoms with van der Waals surface area (Å²) in [6.07, 6.45) is -11.4. The van der Waals surface area contributed by atoms with Crippen molar-refractivity contribution in [2.45, 2.75) is 16.7 Å². The molecule has 0 radical (unpaired) electrons. The van der Waals surface area contributed by atoms with Gasteiger partial charge in [0.25, 0.3) is 0 Å². The molecule has 0 atom stereocenters. The van der Waals surface area contributed by atoms with E-state index in [1.807, 2.05) is 0 Å². The molecule has 70 valence electrons. The van der Waals surface area contributed by atoms with Crippen LogP contribution in [0, 0.1) is 11.3 Å². The molecule has 0 aromatic rings. The van der Waals surface area contributed by atoms with Gasteiger partial charge in [0.15, 0.2) is 0 Å². The smallest absolute Gasteiger partial charge is 0.196 e. The van der Waals surface area contributed by atoms with Crippen molar-refractivity contribution in [2.75, 3.05) is 0 Å². The van der Waals surface area contributed by atoms with Crippen molar-refractivity contribution in [1.82, 2.24) is 0 Å². The maximum absolute atomic E-state index is 11.6. The summed E-state index contributed by atoms with van der Waals surface area (Å²) in [5.41, 5.74) is 0. The van der Waals surface area contributed by atoms with Crippen LogP contribution in [0.15, 0.2) is 0 Å². The highest BCUT2D eigenvalue weighted by Gasteiger charge is 2.70. The Morgan fingerprint density at radius 2 is 1.17 bits per heavy atom. The van der Waals surface area contributed by atoms with E-state index < -0.39 is 16.7 Å². The lowest BCUT2D eigenvalue weighted by molar-refractivity contribution is -0.245. The fourth-order valence-corrected chi connectivity index (χ4v) is 0.287. The summed E-state index contributed by atoms with van der Waals surface area (Å²) in [6.45, 7) is 0. The summed E-state index contributed by atoms with van der Waals surface area (Å²) < 4.78 is 65.2. The van der Waals surface area contributed by atoms with Crippen molar-refractivity contribution in [3.05, 3.63) is 0 Å².